The summed E-state index contributed by atoms with van der Waals surface area (Å²) < 4.78 is 0. The summed E-state index contributed by atoms with van der Waals surface area (Å²) in [5, 5.41) is 5.04. The summed E-state index contributed by atoms with van der Waals surface area (Å²) in [6.45, 7) is 0. The van der Waals surface area contributed by atoms with Crippen LogP contribution in [0, 0.1) is 0 Å². The minimum absolute atomic E-state index is 0.0744. The highest BCUT2D eigenvalue weighted by atomic mass is 35.5. The molecule has 0 aromatic heterocycles. The zero-order chi connectivity index (χ0) is 6.85. The van der Waals surface area contributed by atoms with E-state index in [2.05, 4.69) is 10.6 Å². The van der Waals surface area contributed by atoms with Crippen molar-refractivity contribution in [2.75, 3.05) is 0 Å². The van der Waals surface area contributed by atoms with Crippen LogP contribution in [-0.4, -0.2) is 11.9 Å². The number of nitrogens with one attached hydrogen (secondary N) is 1. The van der Waals surface area contributed by atoms with Crippen molar-refractivity contribution in [3.8, 4) is 0 Å². The third-order valence-electron chi connectivity index (χ3n) is 0.730. The molecule has 0 bridgehead atoms. The fraction of sp³-hybridized carbons (Fsp3) is 0. The third-order valence-corrected chi connectivity index (χ3v) is 1.00. The lowest BCUT2D eigenvalue weighted by Crippen LogP contribution is -2.35. The van der Waals surface area contributed by atoms with E-state index in [1.807, 2.05) is 0 Å². The van der Waals surface area contributed by atoms with E-state index in [0.717, 1.165) is 6.20 Å². The largest absolute Gasteiger partial charge is 0.348 e. The van der Waals surface area contributed by atoms with Gasteiger partial charge in [-0.25, -0.2) is 4.79 Å². The summed E-state index contributed by atoms with van der Waals surface area (Å²) in [6, 6.07) is -0.676. The number of hydrogen-bond acceptors (Lipinski definition) is 2. The minimum Gasteiger partial charge on any atom is -0.311 e. The van der Waals surface area contributed by atoms with Crippen LogP contribution in [0.15, 0.2) is 11.2 Å². The molecule has 0 aromatic rings. The summed E-state index contributed by atoms with van der Waals surface area (Å²) in [5.41, 5.74) is 0. The number of carbonyl (C=O) groups is 2. The van der Waals surface area contributed by atoms with Crippen LogP contribution in [0.4, 0.5) is 4.79 Å². The predicted octanol–water partition coefficient (Wildman–Crippen LogP) is -0.0792. The minimum atomic E-state index is -0.694. The lowest BCUT2D eigenvalue weighted by Gasteiger charge is -2.04. The van der Waals surface area contributed by atoms with Gasteiger partial charge in [0.25, 0.3) is 5.91 Å². The van der Waals surface area contributed by atoms with Crippen molar-refractivity contribution < 1.29 is 9.59 Å². The van der Waals surface area contributed by atoms with E-state index in [1.165, 1.54) is 0 Å². The van der Waals surface area contributed by atoms with Crippen LogP contribution in [0.1, 0.15) is 0 Å². The fourth-order valence-electron chi connectivity index (χ4n) is 0.365. The molecule has 3 amide bonds. The van der Waals surface area contributed by atoms with Crippen LogP contribution < -0.4 is 10.6 Å². The fourth-order valence-corrected chi connectivity index (χ4v) is 0.462. The number of imide groups is 1. The Balaban J connectivity index is 2.79. The maximum Gasteiger partial charge on any atom is 0.348 e. The predicted molar refractivity (Wildman–Crippen MR) is 29.6 cm³/mol. The molecule has 0 atom stereocenters. The van der Waals surface area contributed by atoms with E-state index >= 15 is 0 Å². The summed E-state index contributed by atoms with van der Waals surface area (Å²) in [5.74, 6) is -0.694. The molecule has 1 heterocycles. The number of rotatable bonds is 0. The zero-order valence-electron chi connectivity index (χ0n) is 4.22. The summed E-state index contributed by atoms with van der Waals surface area (Å²) in [4.78, 5) is 20.6. The van der Waals surface area contributed by atoms with Gasteiger partial charge in [-0.15, -0.1) is 0 Å². The molecule has 0 aliphatic carbocycles. The first-order valence-corrected chi connectivity index (χ1v) is 2.50. The Hall–Kier alpha value is -1.03. The monoisotopic (exact) mass is 145 g/mol. The van der Waals surface area contributed by atoms with E-state index in [1.54, 1.807) is 0 Å². The Morgan fingerprint density at radius 1 is 1.56 bits per heavy atom. The lowest BCUT2D eigenvalue weighted by atomic mass is 10.5. The maximum atomic E-state index is 10.4. The van der Waals surface area contributed by atoms with Crippen LogP contribution in [0.5, 0.6) is 0 Å². The quantitative estimate of drug-likeness (QED) is 0.518. The lowest BCUT2D eigenvalue weighted by molar-refractivity contribution is -0.116. The van der Waals surface area contributed by atoms with Gasteiger partial charge in [-0.2, -0.15) is 5.32 Å². The molecule has 0 saturated carbocycles. The third kappa shape index (κ3) is 1.20. The molecule has 1 radical (unpaired) electrons. The van der Waals surface area contributed by atoms with Gasteiger partial charge in [0.2, 0.25) is 0 Å². The van der Waals surface area contributed by atoms with Crippen LogP contribution >= 0.6 is 11.6 Å². The molecule has 0 aromatic carbocycles. The van der Waals surface area contributed by atoms with Crippen LogP contribution in [0.2, 0.25) is 0 Å². The Kier molecular flexibility index (Phi) is 1.40. The number of carbonyl (C=O) groups excluding carboxylic acids is 2. The second-order valence-corrected chi connectivity index (χ2v) is 1.77. The molecule has 0 unspecified atom stereocenters. The number of halogens is 1. The van der Waals surface area contributed by atoms with E-state index in [4.69, 9.17) is 11.6 Å². The molecule has 1 N–H and O–H groups in total. The molecule has 0 spiro atoms. The molecule has 1 rings (SSSR count). The van der Waals surface area contributed by atoms with Crippen molar-refractivity contribution in [3.63, 3.8) is 0 Å². The standard InChI is InChI=1S/C4H2ClN2O2/c5-2-1-6-4(9)7-3(2)8/h1H,(H,6,9). The average molecular weight is 146 g/mol. The van der Waals surface area contributed by atoms with Gasteiger partial charge in [0.05, 0.1) is 0 Å². The van der Waals surface area contributed by atoms with Crippen LogP contribution in [0.3, 0.4) is 0 Å². The summed E-state index contributed by atoms with van der Waals surface area (Å²) in [7, 11) is 0. The van der Waals surface area contributed by atoms with Crippen molar-refractivity contribution in [1.29, 1.82) is 0 Å². The van der Waals surface area contributed by atoms with Crippen molar-refractivity contribution in [2.45, 2.75) is 0 Å². The van der Waals surface area contributed by atoms with E-state index in [0.29, 0.717) is 0 Å². The molecule has 4 nitrogen and oxygen atoms in total. The van der Waals surface area contributed by atoms with Gasteiger partial charge in [0.1, 0.15) is 5.03 Å². The van der Waals surface area contributed by atoms with Crippen LogP contribution in [-0.2, 0) is 4.79 Å². The molecule has 1 aliphatic rings. The highest BCUT2D eigenvalue weighted by molar-refractivity contribution is 6.43. The smallest absolute Gasteiger partial charge is 0.311 e. The first-order chi connectivity index (χ1) is 4.20. The molecule has 1 aliphatic heterocycles. The number of amides is 3. The Bertz CT molecular complexity index is 199. The van der Waals surface area contributed by atoms with Gasteiger partial charge < -0.3 is 5.32 Å². The topological polar surface area (TPSA) is 60.3 Å². The normalized spacial score (nSPS) is 18.1. The average Bonchev–Trinajstić information content (AvgIpc) is 1.80. The van der Waals surface area contributed by atoms with Gasteiger partial charge in [0.15, 0.2) is 0 Å². The van der Waals surface area contributed by atoms with Gasteiger partial charge in [0, 0.05) is 6.20 Å². The highest BCUT2D eigenvalue weighted by Gasteiger charge is 2.17. The van der Waals surface area contributed by atoms with E-state index < -0.39 is 11.9 Å². The molecule has 0 saturated heterocycles. The van der Waals surface area contributed by atoms with Gasteiger partial charge >= 0.3 is 6.03 Å². The Morgan fingerprint density at radius 2 is 2.22 bits per heavy atom. The maximum absolute atomic E-state index is 10.4. The highest BCUT2D eigenvalue weighted by Crippen LogP contribution is 2.02. The van der Waals surface area contributed by atoms with E-state index in [9.17, 15) is 9.59 Å². The van der Waals surface area contributed by atoms with E-state index in [-0.39, 0.29) is 5.03 Å². The SMILES string of the molecule is O=C1[N]C(=O)C(Cl)=CN1. The number of nitrogens with zero attached hydrogens (tertiary/aromatic N) is 1. The molecular formula is C4H2ClN2O2. The molecular weight excluding hydrogens is 144 g/mol. The summed E-state index contributed by atoms with van der Waals surface area (Å²) >= 11 is 5.24. The van der Waals surface area contributed by atoms with Crippen molar-refractivity contribution in [2.24, 2.45) is 0 Å². The first kappa shape index (κ1) is 6.10. The molecule has 5 heteroatoms. The Morgan fingerprint density at radius 3 is 2.67 bits per heavy atom. The number of urea groups is 1. The Labute approximate surface area is 55.9 Å². The zero-order valence-corrected chi connectivity index (χ0v) is 4.97. The van der Waals surface area contributed by atoms with Gasteiger partial charge in [-0.05, 0) is 0 Å². The molecule has 9 heavy (non-hydrogen) atoms. The molecule has 47 valence electrons. The van der Waals surface area contributed by atoms with Crippen molar-refractivity contribution in [1.82, 2.24) is 10.6 Å². The molecule has 0 fully saturated rings. The number of hydrogen-bond donors (Lipinski definition) is 1. The summed E-state index contributed by atoms with van der Waals surface area (Å²) in [6.07, 6.45) is 1.11. The van der Waals surface area contributed by atoms with Crippen molar-refractivity contribution >= 4 is 23.5 Å². The van der Waals surface area contributed by atoms with Gasteiger partial charge in [-0.1, -0.05) is 11.6 Å². The first-order valence-electron chi connectivity index (χ1n) is 2.12. The van der Waals surface area contributed by atoms with Crippen LogP contribution in [0.25, 0.3) is 0 Å². The van der Waals surface area contributed by atoms with Crippen molar-refractivity contribution in [3.05, 3.63) is 11.2 Å². The van der Waals surface area contributed by atoms with Gasteiger partial charge in [-0.3, -0.25) is 4.79 Å². The second kappa shape index (κ2) is 2.06. The second-order valence-electron chi connectivity index (χ2n) is 1.36.